The highest BCUT2D eigenvalue weighted by Gasteiger charge is 2.25. The monoisotopic (exact) mass is 285 g/mol. The fourth-order valence-electron chi connectivity index (χ4n) is 1.71. The Labute approximate surface area is 111 Å². The van der Waals surface area contributed by atoms with E-state index in [0.717, 1.165) is 6.07 Å². The number of aromatic carboxylic acids is 1. The maximum atomic E-state index is 13.7. The summed E-state index contributed by atoms with van der Waals surface area (Å²) in [5, 5.41) is 12.2. The molecule has 20 heavy (non-hydrogen) atoms. The average Bonchev–Trinajstić information content (AvgIpc) is 2.87. The zero-order valence-electron chi connectivity index (χ0n) is 10.4. The molecule has 6 nitrogen and oxygen atoms in total. The van der Waals surface area contributed by atoms with Crippen molar-refractivity contribution in [1.29, 1.82) is 0 Å². The van der Waals surface area contributed by atoms with Gasteiger partial charge in [-0.05, 0) is 0 Å². The fourth-order valence-corrected chi connectivity index (χ4v) is 1.71. The van der Waals surface area contributed by atoms with Crippen LogP contribution >= 0.6 is 0 Å². The van der Waals surface area contributed by atoms with Crippen molar-refractivity contribution in [3.05, 3.63) is 29.5 Å². The molecule has 0 aliphatic heterocycles. The van der Waals surface area contributed by atoms with Crippen molar-refractivity contribution in [3.8, 4) is 22.8 Å². The Morgan fingerprint density at radius 3 is 2.15 bits per heavy atom. The Morgan fingerprint density at radius 2 is 1.75 bits per heavy atom. The Bertz CT molecular complexity index is 640. The third-order valence-electron chi connectivity index (χ3n) is 2.53. The number of hydrogen-bond acceptors (Lipinski definition) is 5. The van der Waals surface area contributed by atoms with Crippen molar-refractivity contribution in [2.24, 2.45) is 0 Å². The first-order valence-electron chi connectivity index (χ1n) is 5.30. The number of ether oxygens (including phenoxy) is 2. The molecule has 0 aliphatic rings. The average molecular weight is 285 g/mol. The summed E-state index contributed by atoms with van der Waals surface area (Å²) in [5.41, 5.74) is -0.279. The van der Waals surface area contributed by atoms with Gasteiger partial charge in [0.25, 0.3) is 0 Å². The second-order valence-corrected chi connectivity index (χ2v) is 3.66. The quantitative estimate of drug-likeness (QED) is 0.928. The number of carboxylic acid groups (broad SMARTS) is 1. The number of methoxy groups -OCH3 is 2. The number of carboxylic acids is 1. The smallest absolute Gasteiger partial charge is 0.374 e. The van der Waals surface area contributed by atoms with E-state index in [-0.39, 0.29) is 22.8 Å². The van der Waals surface area contributed by atoms with Gasteiger partial charge in [-0.1, -0.05) is 5.16 Å². The van der Waals surface area contributed by atoms with E-state index in [1.165, 1.54) is 14.2 Å². The number of carbonyl (C=O) groups is 1. The number of nitrogens with zero attached hydrogens (tertiary/aromatic N) is 1. The normalized spacial score (nSPS) is 10.4. The lowest BCUT2D eigenvalue weighted by Gasteiger charge is -2.12. The van der Waals surface area contributed by atoms with E-state index in [9.17, 15) is 13.6 Å². The first-order chi connectivity index (χ1) is 9.49. The molecular weight excluding hydrogens is 276 g/mol. The molecule has 0 atom stereocenters. The minimum absolute atomic E-state index is 0.116. The molecule has 1 aromatic carbocycles. The SMILES string of the molecule is COc1c(F)cc(F)c(OC)c1-c1cc(C(=O)O)on1. The first-order valence-corrected chi connectivity index (χ1v) is 5.30. The Hall–Kier alpha value is -2.64. The molecule has 0 saturated carbocycles. The van der Waals surface area contributed by atoms with Gasteiger partial charge in [0.1, 0.15) is 5.69 Å². The molecular formula is C12H9F2NO5. The number of aromatic nitrogens is 1. The number of rotatable bonds is 4. The summed E-state index contributed by atoms with van der Waals surface area (Å²) in [6, 6.07) is 1.61. The van der Waals surface area contributed by atoms with E-state index < -0.39 is 23.4 Å². The third-order valence-corrected chi connectivity index (χ3v) is 2.53. The van der Waals surface area contributed by atoms with Crippen LogP contribution in [0.3, 0.4) is 0 Å². The van der Waals surface area contributed by atoms with E-state index in [2.05, 4.69) is 9.68 Å². The summed E-state index contributed by atoms with van der Waals surface area (Å²) < 4.78 is 41.6. The highest BCUT2D eigenvalue weighted by molar-refractivity contribution is 5.87. The number of hydrogen-bond donors (Lipinski definition) is 1. The van der Waals surface area contributed by atoms with E-state index >= 15 is 0 Å². The van der Waals surface area contributed by atoms with Gasteiger partial charge in [0, 0.05) is 12.1 Å². The van der Waals surface area contributed by atoms with E-state index in [4.69, 9.17) is 14.6 Å². The van der Waals surface area contributed by atoms with E-state index in [1.807, 2.05) is 0 Å². The van der Waals surface area contributed by atoms with Gasteiger partial charge < -0.3 is 19.1 Å². The van der Waals surface area contributed by atoms with Crippen LogP contribution < -0.4 is 9.47 Å². The van der Waals surface area contributed by atoms with Gasteiger partial charge in [-0.2, -0.15) is 0 Å². The molecule has 2 rings (SSSR count). The van der Waals surface area contributed by atoms with Gasteiger partial charge in [-0.25, -0.2) is 13.6 Å². The molecule has 0 radical (unpaired) electrons. The predicted molar refractivity (Wildman–Crippen MR) is 61.9 cm³/mol. The lowest BCUT2D eigenvalue weighted by atomic mass is 10.1. The molecule has 2 aromatic rings. The minimum atomic E-state index is -1.36. The van der Waals surface area contributed by atoms with Gasteiger partial charge in [0.05, 0.1) is 19.8 Å². The molecule has 0 unspecified atom stereocenters. The van der Waals surface area contributed by atoms with Crippen LogP contribution in [-0.2, 0) is 0 Å². The van der Waals surface area contributed by atoms with Crippen LogP contribution in [0.2, 0.25) is 0 Å². The number of benzene rings is 1. The Balaban J connectivity index is 2.72. The second kappa shape index (κ2) is 5.16. The van der Waals surface area contributed by atoms with Gasteiger partial charge >= 0.3 is 5.97 Å². The predicted octanol–water partition coefficient (Wildman–Crippen LogP) is 2.34. The minimum Gasteiger partial charge on any atom is -0.493 e. The lowest BCUT2D eigenvalue weighted by molar-refractivity contribution is 0.0652. The molecule has 1 N–H and O–H groups in total. The lowest BCUT2D eigenvalue weighted by Crippen LogP contribution is -1.99. The second-order valence-electron chi connectivity index (χ2n) is 3.66. The molecule has 8 heteroatoms. The summed E-state index contributed by atoms with van der Waals surface area (Å²) >= 11 is 0. The van der Waals surface area contributed by atoms with Crippen molar-refractivity contribution >= 4 is 5.97 Å². The molecule has 1 aromatic heterocycles. The van der Waals surface area contributed by atoms with Crippen LogP contribution in [0.25, 0.3) is 11.3 Å². The van der Waals surface area contributed by atoms with Crippen LogP contribution in [0.15, 0.2) is 16.7 Å². The largest absolute Gasteiger partial charge is 0.493 e. The molecule has 0 spiro atoms. The fraction of sp³-hybridized carbons (Fsp3) is 0.167. The van der Waals surface area contributed by atoms with Gasteiger partial charge in [0.15, 0.2) is 23.1 Å². The number of halogens is 2. The van der Waals surface area contributed by atoms with Gasteiger partial charge in [-0.15, -0.1) is 0 Å². The van der Waals surface area contributed by atoms with Crippen molar-refractivity contribution in [1.82, 2.24) is 5.16 Å². The summed E-state index contributed by atoms with van der Waals surface area (Å²) in [6.45, 7) is 0. The first kappa shape index (κ1) is 13.8. The van der Waals surface area contributed by atoms with Crippen LogP contribution in [-0.4, -0.2) is 30.5 Å². The van der Waals surface area contributed by atoms with Crippen molar-refractivity contribution in [2.75, 3.05) is 14.2 Å². The van der Waals surface area contributed by atoms with Crippen molar-refractivity contribution in [2.45, 2.75) is 0 Å². The molecule has 0 saturated heterocycles. The highest BCUT2D eigenvalue weighted by atomic mass is 19.1. The third kappa shape index (κ3) is 2.15. The maximum Gasteiger partial charge on any atom is 0.374 e. The van der Waals surface area contributed by atoms with Gasteiger partial charge in [-0.3, -0.25) is 0 Å². The molecule has 0 amide bonds. The van der Waals surface area contributed by atoms with Crippen molar-refractivity contribution in [3.63, 3.8) is 0 Å². The summed E-state index contributed by atoms with van der Waals surface area (Å²) in [6.07, 6.45) is 0. The molecule has 0 bridgehead atoms. The van der Waals surface area contributed by atoms with Crippen LogP contribution in [0.4, 0.5) is 8.78 Å². The molecule has 0 fully saturated rings. The van der Waals surface area contributed by atoms with Crippen LogP contribution in [0, 0.1) is 11.6 Å². The zero-order chi connectivity index (χ0) is 14.9. The van der Waals surface area contributed by atoms with Gasteiger partial charge in [0.2, 0.25) is 5.76 Å². The summed E-state index contributed by atoms with van der Waals surface area (Å²) in [7, 11) is 2.36. The summed E-state index contributed by atoms with van der Waals surface area (Å²) in [4.78, 5) is 10.7. The van der Waals surface area contributed by atoms with Crippen molar-refractivity contribution < 1.29 is 32.7 Å². The van der Waals surface area contributed by atoms with Crippen LogP contribution in [0.5, 0.6) is 11.5 Å². The van der Waals surface area contributed by atoms with E-state index in [0.29, 0.717) is 6.07 Å². The molecule has 1 heterocycles. The Kier molecular flexibility index (Phi) is 3.55. The topological polar surface area (TPSA) is 81.8 Å². The maximum absolute atomic E-state index is 13.7. The molecule has 0 aliphatic carbocycles. The standard InChI is InChI=1S/C12H9F2NO5/c1-18-10-5(13)3-6(14)11(19-2)9(10)7-4-8(12(16)17)20-15-7/h3-4H,1-2H3,(H,16,17). The Morgan fingerprint density at radius 1 is 1.20 bits per heavy atom. The molecule has 106 valence electrons. The summed E-state index contributed by atoms with van der Waals surface area (Å²) in [5.74, 6) is -4.43. The van der Waals surface area contributed by atoms with E-state index in [1.54, 1.807) is 0 Å². The van der Waals surface area contributed by atoms with Crippen LogP contribution in [0.1, 0.15) is 10.6 Å². The highest BCUT2D eigenvalue weighted by Crippen LogP contribution is 2.41. The zero-order valence-corrected chi connectivity index (χ0v) is 10.4.